The predicted molar refractivity (Wildman–Crippen MR) is 105 cm³/mol. The number of thiazole rings is 1. The van der Waals surface area contributed by atoms with E-state index in [-0.39, 0.29) is 4.53 Å². The molecule has 0 aliphatic rings. The Kier molecular flexibility index (Phi) is 5.88. The van der Waals surface area contributed by atoms with Crippen molar-refractivity contribution in [3.63, 3.8) is 0 Å². The molecule has 1 amide bonds. The molecular formula is C20H15F3N2O3S. The highest BCUT2D eigenvalue weighted by Crippen LogP contribution is 2.29. The fourth-order valence-corrected chi connectivity index (χ4v) is 3.37. The van der Waals surface area contributed by atoms with E-state index in [2.05, 4.69) is 10.3 Å². The van der Waals surface area contributed by atoms with Gasteiger partial charge >= 0.3 is 6.18 Å². The number of halogens is 3. The maximum Gasteiger partial charge on any atom is 0.416 e. The van der Waals surface area contributed by atoms with Gasteiger partial charge in [0.2, 0.25) is 0 Å². The molecular weight excluding hydrogens is 405 g/mol. The number of aromatic amines is 1. The molecule has 0 saturated carbocycles. The topological polar surface area (TPSA) is 71.2 Å². The summed E-state index contributed by atoms with van der Waals surface area (Å²) in [5.74, 6) is 0.0262. The number of amides is 1. The Labute approximate surface area is 166 Å². The molecule has 5 nitrogen and oxygen atoms in total. The van der Waals surface area contributed by atoms with Crippen molar-refractivity contribution >= 4 is 35.1 Å². The predicted octanol–water partition coefficient (Wildman–Crippen LogP) is 2.71. The molecule has 3 aromatic rings. The van der Waals surface area contributed by atoms with Crippen LogP contribution in [-0.2, 0) is 11.0 Å². The molecule has 150 valence electrons. The Morgan fingerprint density at radius 3 is 2.48 bits per heavy atom. The van der Waals surface area contributed by atoms with Crippen LogP contribution in [0.15, 0.2) is 53.3 Å². The summed E-state index contributed by atoms with van der Waals surface area (Å²) in [6.45, 7) is 0. The number of methoxy groups -OCH3 is 1. The van der Waals surface area contributed by atoms with Gasteiger partial charge in [-0.25, -0.2) is 0 Å². The maximum absolute atomic E-state index is 12.6. The number of para-hydroxylation sites is 2. The van der Waals surface area contributed by atoms with Crippen molar-refractivity contribution in [2.45, 2.75) is 6.18 Å². The number of H-pyrrole nitrogens is 1. The molecule has 0 unspecified atom stereocenters. The van der Waals surface area contributed by atoms with Gasteiger partial charge in [-0.1, -0.05) is 24.3 Å². The molecule has 9 heteroatoms. The fourth-order valence-electron chi connectivity index (χ4n) is 2.48. The van der Waals surface area contributed by atoms with Gasteiger partial charge in [0, 0.05) is 6.08 Å². The van der Waals surface area contributed by atoms with Gasteiger partial charge in [0.25, 0.3) is 11.5 Å². The van der Waals surface area contributed by atoms with Gasteiger partial charge in [-0.2, -0.15) is 13.2 Å². The van der Waals surface area contributed by atoms with Crippen molar-refractivity contribution < 1.29 is 22.7 Å². The molecule has 29 heavy (non-hydrogen) atoms. The van der Waals surface area contributed by atoms with E-state index in [1.807, 2.05) is 0 Å². The number of alkyl halides is 3. The molecule has 1 heterocycles. The molecule has 0 fully saturated rings. The summed E-state index contributed by atoms with van der Waals surface area (Å²) in [7, 11) is 1.48. The molecule has 0 radical (unpaired) electrons. The highest BCUT2D eigenvalue weighted by Gasteiger charge is 2.29. The molecule has 0 saturated heterocycles. The summed E-state index contributed by atoms with van der Waals surface area (Å²) in [5, 5.41) is 2.66. The molecule has 0 aliphatic heterocycles. The fraction of sp³-hybridized carbons (Fsp3) is 0.100. The first kappa shape index (κ1) is 20.4. The van der Waals surface area contributed by atoms with Gasteiger partial charge in [-0.05, 0) is 35.9 Å². The summed E-state index contributed by atoms with van der Waals surface area (Å²) < 4.78 is 43.6. The second-order valence-corrected chi connectivity index (χ2v) is 6.97. The van der Waals surface area contributed by atoms with Crippen molar-refractivity contribution in [2.75, 3.05) is 12.4 Å². The van der Waals surface area contributed by atoms with Gasteiger partial charge in [0.1, 0.15) is 10.4 Å². The number of hydrogen-bond acceptors (Lipinski definition) is 4. The summed E-state index contributed by atoms with van der Waals surface area (Å²) in [4.78, 5) is 26.8. The molecule has 3 rings (SSSR count). The summed E-state index contributed by atoms with van der Waals surface area (Å²) in [6.07, 6.45) is -1.74. The third kappa shape index (κ3) is 5.14. The number of nitrogens with one attached hydrogen (secondary N) is 2. The number of carbonyl (C=O) groups is 1. The SMILES string of the molecule is COc1ccccc1NC(=O)/C=c1/[nH]c(=O)/c(=C/c2ccc(C(F)(F)F)cc2)s1. The van der Waals surface area contributed by atoms with Crippen molar-refractivity contribution in [3.05, 3.63) is 79.2 Å². The second-order valence-electron chi connectivity index (χ2n) is 5.88. The molecule has 0 atom stereocenters. The van der Waals surface area contributed by atoms with E-state index in [4.69, 9.17) is 4.74 Å². The van der Waals surface area contributed by atoms with Crippen molar-refractivity contribution in [2.24, 2.45) is 0 Å². The van der Waals surface area contributed by atoms with Crippen LogP contribution in [0.25, 0.3) is 12.2 Å². The number of benzene rings is 2. The number of ether oxygens (including phenoxy) is 1. The Morgan fingerprint density at radius 1 is 1.14 bits per heavy atom. The highest BCUT2D eigenvalue weighted by molar-refractivity contribution is 7.07. The highest BCUT2D eigenvalue weighted by atomic mass is 32.1. The third-order valence-electron chi connectivity index (χ3n) is 3.84. The van der Waals surface area contributed by atoms with E-state index in [1.54, 1.807) is 24.3 Å². The lowest BCUT2D eigenvalue weighted by molar-refractivity contribution is -0.137. The zero-order valence-electron chi connectivity index (χ0n) is 15.0. The first-order chi connectivity index (χ1) is 13.8. The number of carbonyl (C=O) groups excluding carboxylic acids is 1. The van der Waals surface area contributed by atoms with Crippen LogP contribution in [0.5, 0.6) is 5.75 Å². The minimum Gasteiger partial charge on any atom is -0.495 e. The van der Waals surface area contributed by atoms with Crippen LogP contribution in [0, 0.1) is 0 Å². The molecule has 2 aromatic carbocycles. The molecule has 0 bridgehead atoms. The van der Waals surface area contributed by atoms with E-state index >= 15 is 0 Å². The first-order valence-corrected chi connectivity index (χ1v) is 9.12. The van der Waals surface area contributed by atoms with E-state index in [0.717, 1.165) is 23.5 Å². The smallest absolute Gasteiger partial charge is 0.416 e. The standard InChI is InChI=1S/C20H15F3N2O3S/c1-28-15-5-3-2-4-14(15)24-17(26)11-18-25-19(27)16(29-18)10-12-6-8-13(9-7-12)20(21,22)23/h2-11H,1H3,(H,24,26)(H,25,27)/b16-10-,18-11-. The van der Waals surface area contributed by atoms with Crippen LogP contribution in [0.1, 0.15) is 11.1 Å². The zero-order chi connectivity index (χ0) is 21.0. The lowest BCUT2D eigenvalue weighted by atomic mass is 10.1. The van der Waals surface area contributed by atoms with Gasteiger partial charge in [0.15, 0.2) is 0 Å². The quantitative estimate of drug-likeness (QED) is 0.682. The number of aromatic nitrogens is 1. The zero-order valence-corrected chi connectivity index (χ0v) is 15.9. The van der Waals surface area contributed by atoms with Gasteiger partial charge in [-0.15, -0.1) is 11.3 Å². The Bertz CT molecular complexity index is 1200. The van der Waals surface area contributed by atoms with E-state index in [9.17, 15) is 22.8 Å². The van der Waals surface area contributed by atoms with Gasteiger partial charge in [0.05, 0.1) is 22.9 Å². The Hall–Kier alpha value is -3.33. The molecule has 2 N–H and O–H groups in total. The largest absolute Gasteiger partial charge is 0.495 e. The minimum absolute atomic E-state index is 0.265. The number of rotatable bonds is 4. The van der Waals surface area contributed by atoms with Crippen LogP contribution in [0.4, 0.5) is 18.9 Å². The Balaban J connectivity index is 1.85. The average molecular weight is 420 g/mol. The van der Waals surface area contributed by atoms with Crippen LogP contribution in [-0.4, -0.2) is 18.0 Å². The van der Waals surface area contributed by atoms with E-state index in [1.165, 1.54) is 31.4 Å². The van der Waals surface area contributed by atoms with Crippen molar-refractivity contribution in [3.8, 4) is 5.75 Å². The molecule has 0 aliphatic carbocycles. The van der Waals surface area contributed by atoms with Crippen molar-refractivity contribution in [1.82, 2.24) is 4.98 Å². The molecule has 0 spiro atoms. The summed E-state index contributed by atoms with van der Waals surface area (Å²) >= 11 is 1.02. The van der Waals surface area contributed by atoms with Crippen LogP contribution in [0.3, 0.4) is 0 Å². The van der Waals surface area contributed by atoms with Crippen molar-refractivity contribution in [1.29, 1.82) is 0 Å². The minimum atomic E-state index is -4.42. The lowest BCUT2D eigenvalue weighted by Gasteiger charge is -2.07. The van der Waals surface area contributed by atoms with Gasteiger partial charge < -0.3 is 15.0 Å². The first-order valence-electron chi connectivity index (χ1n) is 8.30. The summed E-state index contributed by atoms with van der Waals surface area (Å²) in [6, 6.07) is 11.3. The van der Waals surface area contributed by atoms with Crippen LogP contribution in [0.2, 0.25) is 0 Å². The number of anilines is 1. The monoisotopic (exact) mass is 420 g/mol. The normalized spacial score (nSPS) is 12.8. The second kappa shape index (κ2) is 8.36. The summed E-state index contributed by atoms with van der Waals surface area (Å²) in [5.41, 5.74) is -0.287. The Morgan fingerprint density at radius 2 is 1.83 bits per heavy atom. The van der Waals surface area contributed by atoms with E-state index in [0.29, 0.717) is 21.7 Å². The number of hydrogen-bond donors (Lipinski definition) is 2. The average Bonchev–Trinajstić information content (AvgIpc) is 3.00. The lowest BCUT2D eigenvalue weighted by Crippen LogP contribution is -2.20. The van der Waals surface area contributed by atoms with Gasteiger partial charge in [-0.3, -0.25) is 9.59 Å². The van der Waals surface area contributed by atoms with Crippen LogP contribution >= 0.6 is 11.3 Å². The van der Waals surface area contributed by atoms with E-state index < -0.39 is 23.2 Å². The third-order valence-corrected chi connectivity index (χ3v) is 4.81. The van der Waals surface area contributed by atoms with Crippen LogP contribution < -0.4 is 24.8 Å². The maximum atomic E-state index is 12.6. The molecule has 1 aromatic heterocycles.